The van der Waals surface area contributed by atoms with Gasteiger partial charge >= 0.3 is 5.91 Å². The van der Waals surface area contributed by atoms with Gasteiger partial charge in [0.05, 0.1) is 13.3 Å². The van der Waals surface area contributed by atoms with Crippen LogP contribution in [0.5, 0.6) is 0 Å². The quantitative estimate of drug-likeness (QED) is 0.684. The van der Waals surface area contributed by atoms with Crippen LogP contribution in [0.2, 0.25) is 0 Å². The Morgan fingerprint density at radius 3 is 2.59 bits per heavy atom. The minimum Gasteiger partial charge on any atom is -0.459 e. The molecule has 0 spiro atoms. The zero-order chi connectivity index (χ0) is 15.9. The third kappa shape index (κ3) is 4.46. The number of hydrazine groups is 1. The summed E-state index contributed by atoms with van der Waals surface area (Å²) in [6, 6.07) is 11.2. The zero-order valence-corrected chi connectivity index (χ0v) is 12.7. The van der Waals surface area contributed by atoms with Gasteiger partial charge in [-0.15, -0.1) is 0 Å². The van der Waals surface area contributed by atoms with Gasteiger partial charge in [0.15, 0.2) is 12.3 Å². The third-order valence-corrected chi connectivity index (χ3v) is 3.28. The maximum absolute atomic E-state index is 11.8. The Morgan fingerprint density at radius 1 is 1.14 bits per heavy atom. The molecule has 0 aliphatic rings. The number of rotatable bonds is 5. The number of aryl methyl sites for hydroxylation is 1. The number of nitrogens with one attached hydrogen (secondary N) is 3. The number of carbonyl (C=O) groups excluding carboxylic acids is 2. The summed E-state index contributed by atoms with van der Waals surface area (Å²) in [5, 5.41) is 0. The molecule has 2 amide bonds. The van der Waals surface area contributed by atoms with Gasteiger partial charge in [-0.2, -0.15) is 0 Å². The molecule has 116 valence electrons. The first-order valence-corrected chi connectivity index (χ1v) is 7.04. The molecule has 1 aromatic carbocycles. The van der Waals surface area contributed by atoms with Crippen molar-refractivity contribution in [3.8, 4) is 0 Å². The smallest absolute Gasteiger partial charge is 0.305 e. The molecule has 3 N–H and O–H groups in total. The lowest BCUT2D eigenvalue weighted by molar-refractivity contribution is -0.885. The number of benzene rings is 1. The summed E-state index contributed by atoms with van der Waals surface area (Å²) in [5.74, 6) is -0.582. The molecule has 0 aliphatic heterocycles. The van der Waals surface area contributed by atoms with Gasteiger partial charge in [-0.05, 0) is 24.6 Å². The Kier molecular flexibility index (Phi) is 5.32. The van der Waals surface area contributed by atoms with Crippen molar-refractivity contribution in [2.24, 2.45) is 0 Å². The van der Waals surface area contributed by atoms with Gasteiger partial charge in [-0.3, -0.25) is 20.4 Å². The second-order valence-corrected chi connectivity index (χ2v) is 5.22. The maximum Gasteiger partial charge on any atom is 0.305 e. The molecule has 1 unspecified atom stereocenters. The normalized spacial score (nSPS) is 11.7. The number of hydrogen-bond acceptors (Lipinski definition) is 3. The van der Waals surface area contributed by atoms with Crippen molar-refractivity contribution < 1.29 is 18.9 Å². The van der Waals surface area contributed by atoms with E-state index < -0.39 is 5.91 Å². The third-order valence-electron chi connectivity index (χ3n) is 3.28. The van der Waals surface area contributed by atoms with Crippen molar-refractivity contribution in [1.82, 2.24) is 10.9 Å². The summed E-state index contributed by atoms with van der Waals surface area (Å²) in [6.45, 7) is 3.05. The highest BCUT2D eigenvalue weighted by Gasteiger charge is 2.13. The van der Waals surface area contributed by atoms with Crippen LogP contribution in [0.4, 0.5) is 0 Å². The molecule has 2 rings (SSSR count). The van der Waals surface area contributed by atoms with E-state index >= 15 is 0 Å². The van der Waals surface area contributed by atoms with E-state index in [1.807, 2.05) is 32.2 Å². The van der Waals surface area contributed by atoms with E-state index in [1.54, 1.807) is 6.07 Å². The molecule has 0 saturated carbocycles. The fourth-order valence-electron chi connectivity index (χ4n) is 2.11. The largest absolute Gasteiger partial charge is 0.459 e. The Labute approximate surface area is 129 Å². The standard InChI is InChI=1S/C16H19N3O3/c1-12-6-3-4-7-13(12)10-19(2)11-15(20)17-18-16(21)14-8-5-9-22-14/h3-9H,10-11H2,1-2H3,(H,17,20)(H,18,21)/p+1. The average molecular weight is 302 g/mol. The lowest BCUT2D eigenvalue weighted by Gasteiger charge is -2.15. The van der Waals surface area contributed by atoms with Gasteiger partial charge in [0.25, 0.3) is 5.91 Å². The van der Waals surface area contributed by atoms with Crippen LogP contribution in [-0.4, -0.2) is 25.4 Å². The van der Waals surface area contributed by atoms with E-state index in [4.69, 9.17) is 4.42 Å². The summed E-state index contributed by atoms with van der Waals surface area (Å²) < 4.78 is 4.93. The Balaban J connectivity index is 1.77. The summed E-state index contributed by atoms with van der Waals surface area (Å²) in [4.78, 5) is 24.5. The van der Waals surface area contributed by atoms with E-state index in [0.717, 1.165) is 11.4 Å². The Hall–Kier alpha value is -2.60. The van der Waals surface area contributed by atoms with Crippen LogP contribution in [0.1, 0.15) is 21.7 Å². The molecule has 0 bridgehead atoms. The Bertz CT molecular complexity index is 638. The monoisotopic (exact) mass is 302 g/mol. The number of carbonyl (C=O) groups is 2. The molecule has 1 heterocycles. The molecular weight excluding hydrogens is 282 g/mol. The molecular formula is C16H20N3O3+. The van der Waals surface area contributed by atoms with E-state index in [2.05, 4.69) is 16.9 Å². The minimum absolute atomic E-state index is 0.154. The Morgan fingerprint density at radius 2 is 1.91 bits per heavy atom. The molecule has 1 aromatic heterocycles. The summed E-state index contributed by atoms with van der Waals surface area (Å²) in [7, 11) is 1.93. The van der Waals surface area contributed by atoms with Crippen LogP contribution in [0.15, 0.2) is 47.1 Å². The number of amides is 2. The van der Waals surface area contributed by atoms with Gasteiger partial charge < -0.3 is 9.32 Å². The minimum atomic E-state index is -0.477. The highest BCUT2D eigenvalue weighted by molar-refractivity contribution is 5.92. The van der Waals surface area contributed by atoms with Crippen molar-refractivity contribution in [3.05, 3.63) is 59.5 Å². The molecule has 6 nitrogen and oxygen atoms in total. The van der Waals surface area contributed by atoms with Crippen LogP contribution < -0.4 is 15.8 Å². The SMILES string of the molecule is Cc1ccccc1C[NH+](C)CC(=O)NNC(=O)c1ccco1. The van der Waals surface area contributed by atoms with Crippen molar-refractivity contribution in [3.63, 3.8) is 0 Å². The van der Waals surface area contributed by atoms with Crippen molar-refractivity contribution in [2.45, 2.75) is 13.5 Å². The van der Waals surface area contributed by atoms with Gasteiger partial charge in [0.2, 0.25) is 0 Å². The molecule has 1 atom stereocenters. The number of furan rings is 1. The summed E-state index contributed by atoms with van der Waals surface area (Å²) >= 11 is 0. The van der Waals surface area contributed by atoms with Gasteiger partial charge in [-0.1, -0.05) is 24.3 Å². The summed E-state index contributed by atoms with van der Waals surface area (Å²) in [5.41, 5.74) is 7.11. The van der Waals surface area contributed by atoms with E-state index in [1.165, 1.54) is 23.5 Å². The number of likely N-dealkylation sites (N-methyl/N-ethyl adjacent to an activating group) is 1. The van der Waals surface area contributed by atoms with Crippen LogP contribution in [-0.2, 0) is 11.3 Å². The zero-order valence-electron chi connectivity index (χ0n) is 12.7. The van der Waals surface area contributed by atoms with Gasteiger partial charge in [0, 0.05) is 5.56 Å². The predicted octanol–water partition coefficient (Wildman–Crippen LogP) is 0.0639. The van der Waals surface area contributed by atoms with E-state index in [-0.39, 0.29) is 18.2 Å². The topological polar surface area (TPSA) is 75.8 Å². The number of hydrogen-bond donors (Lipinski definition) is 3. The van der Waals surface area contributed by atoms with Gasteiger partial charge in [0.1, 0.15) is 6.54 Å². The van der Waals surface area contributed by atoms with E-state index in [9.17, 15) is 9.59 Å². The van der Waals surface area contributed by atoms with Crippen molar-refractivity contribution in [1.29, 1.82) is 0 Å². The fraction of sp³-hybridized carbons (Fsp3) is 0.250. The molecule has 2 aromatic rings. The fourth-order valence-corrected chi connectivity index (χ4v) is 2.11. The first kappa shape index (κ1) is 15.8. The van der Waals surface area contributed by atoms with Crippen LogP contribution in [0.3, 0.4) is 0 Å². The molecule has 0 aliphatic carbocycles. The molecule has 22 heavy (non-hydrogen) atoms. The second kappa shape index (κ2) is 7.42. The van der Waals surface area contributed by atoms with Crippen molar-refractivity contribution in [2.75, 3.05) is 13.6 Å². The molecule has 0 saturated heterocycles. The second-order valence-electron chi connectivity index (χ2n) is 5.22. The van der Waals surface area contributed by atoms with Gasteiger partial charge in [-0.25, -0.2) is 0 Å². The predicted molar refractivity (Wildman–Crippen MR) is 81.0 cm³/mol. The van der Waals surface area contributed by atoms with E-state index in [0.29, 0.717) is 0 Å². The first-order valence-electron chi connectivity index (χ1n) is 7.04. The highest BCUT2D eigenvalue weighted by atomic mass is 16.3. The highest BCUT2D eigenvalue weighted by Crippen LogP contribution is 2.04. The number of quaternary nitrogens is 1. The lowest BCUT2D eigenvalue weighted by Crippen LogP contribution is -3.09. The molecule has 0 fully saturated rings. The van der Waals surface area contributed by atoms with Crippen LogP contribution in [0, 0.1) is 6.92 Å². The first-order chi connectivity index (χ1) is 10.6. The molecule has 0 radical (unpaired) electrons. The maximum atomic E-state index is 11.8. The average Bonchev–Trinajstić information content (AvgIpc) is 3.01. The van der Waals surface area contributed by atoms with Crippen LogP contribution in [0.25, 0.3) is 0 Å². The molecule has 6 heteroatoms. The van der Waals surface area contributed by atoms with Crippen LogP contribution >= 0.6 is 0 Å². The lowest BCUT2D eigenvalue weighted by atomic mass is 10.1. The van der Waals surface area contributed by atoms with Crippen molar-refractivity contribution >= 4 is 11.8 Å². The summed E-state index contributed by atoms with van der Waals surface area (Å²) in [6.07, 6.45) is 1.40.